The van der Waals surface area contributed by atoms with Crippen molar-refractivity contribution in [2.24, 2.45) is 5.92 Å². The lowest BCUT2D eigenvalue weighted by molar-refractivity contribution is 0.129. The topological polar surface area (TPSA) is 12.5 Å². The molecule has 2 nitrogen and oxygen atoms in total. The van der Waals surface area contributed by atoms with Crippen LogP contribution in [0.15, 0.2) is 0 Å². The molecule has 78 valence electrons. The summed E-state index contributed by atoms with van der Waals surface area (Å²) >= 11 is 0. The monoisotopic (exact) mass is 185 g/mol. The summed E-state index contributed by atoms with van der Waals surface area (Å²) < 4.78 is 5.39. The van der Waals surface area contributed by atoms with Crippen LogP contribution in [0.25, 0.3) is 0 Å². The fourth-order valence-corrected chi connectivity index (χ4v) is 2.04. The third kappa shape index (κ3) is 3.28. The Morgan fingerprint density at radius 2 is 1.85 bits per heavy atom. The quantitative estimate of drug-likeness (QED) is 0.665. The minimum atomic E-state index is 0.653. The standard InChI is InChI=1S/C11H23NO/c1-9(2)12(10(3)4)7-11-5-6-13-8-11/h9-11H,5-8H2,1-4H3. The van der Waals surface area contributed by atoms with Crippen LogP contribution in [0, 0.1) is 5.92 Å². The normalized spacial score (nSPS) is 23.8. The van der Waals surface area contributed by atoms with Crippen molar-refractivity contribution in [3.63, 3.8) is 0 Å². The molecule has 1 saturated heterocycles. The van der Waals surface area contributed by atoms with Gasteiger partial charge in [0.05, 0.1) is 6.61 Å². The van der Waals surface area contributed by atoms with Gasteiger partial charge in [0, 0.05) is 25.2 Å². The van der Waals surface area contributed by atoms with E-state index in [0.717, 1.165) is 19.1 Å². The van der Waals surface area contributed by atoms with Gasteiger partial charge < -0.3 is 4.74 Å². The molecule has 1 atom stereocenters. The van der Waals surface area contributed by atoms with Crippen molar-refractivity contribution >= 4 is 0 Å². The Morgan fingerprint density at radius 1 is 1.23 bits per heavy atom. The van der Waals surface area contributed by atoms with Gasteiger partial charge in [-0.1, -0.05) is 0 Å². The maximum Gasteiger partial charge on any atom is 0.0507 e. The molecule has 1 aliphatic heterocycles. The summed E-state index contributed by atoms with van der Waals surface area (Å²) in [7, 11) is 0. The third-order valence-corrected chi connectivity index (χ3v) is 2.82. The molecular formula is C11H23NO. The zero-order valence-corrected chi connectivity index (χ0v) is 9.42. The van der Waals surface area contributed by atoms with Gasteiger partial charge in [-0.2, -0.15) is 0 Å². The van der Waals surface area contributed by atoms with E-state index in [1.807, 2.05) is 0 Å². The second-order valence-corrected chi connectivity index (χ2v) is 4.61. The fourth-order valence-electron chi connectivity index (χ4n) is 2.04. The molecule has 0 aliphatic carbocycles. The van der Waals surface area contributed by atoms with E-state index < -0.39 is 0 Å². The average Bonchev–Trinajstić information content (AvgIpc) is 2.50. The third-order valence-electron chi connectivity index (χ3n) is 2.82. The van der Waals surface area contributed by atoms with Gasteiger partial charge in [-0.3, -0.25) is 4.90 Å². The lowest BCUT2D eigenvalue weighted by Crippen LogP contribution is -2.40. The first kappa shape index (κ1) is 11.0. The molecule has 0 N–H and O–H groups in total. The summed E-state index contributed by atoms with van der Waals surface area (Å²) in [6.45, 7) is 12.2. The number of hydrogen-bond acceptors (Lipinski definition) is 2. The number of hydrogen-bond donors (Lipinski definition) is 0. The van der Waals surface area contributed by atoms with Crippen LogP contribution in [-0.2, 0) is 4.74 Å². The molecule has 0 aromatic carbocycles. The van der Waals surface area contributed by atoms with E-state index in [2.05, 4.69) is 32.6 Å². The molecular weight excluding hydrogens is 162 g/mol. The minimum Gasteiger partial charge on any atom is -0.381 e. The first-order chi connectivity index (χ1) is 6.11. The van der Waals surface area contributed by atoms with Gasteiger partial charge in [0.25, 0.3) is 0 Å². The number of nitrogens with zero attached hydrogens (tertiary/aromatic N) is 1. The zero-order chi connectivity index (χ0) is 9.84. The number of ether oxygens (including phenoxy) is 1. The van der Waals surface area contributed by atoms with Crippen LogP contribution in [0.4, 0.5) is 0 Å². The summed E-state index contributed by atoms with van der Waals surface area (Å²) in [6, 6.07) is 1.31. The van der Waals surface area contributed by atoms with Crippen molar-refractivity contribution in [1.82, 2.24) is 4.90 Å². The minimum absolute atomic E-state index is 0.653. The first-order valence-corrected chi connectivity index (χ1v) is 5.44. The van der Waals surface area contributed by atoms with Crippen molar-refractivity contribution in [2.45, 2.75) is 46.2 Å². The Kier molecular flexibility index (Phi) is 4.20. The molecule has 0 saturated carbocycles. The molecule has 2 heteroatoms. The van der Waals surface area contributed by atoms with Crippen molar-refractivity contribution in [3.05, 3.63) is 0 Å². The Balaban J connectivity index is 2.37. The Hall–Kier alpha value is -0.0800. The van der Waals surface area contributed by atoms with E-state index in [4.69, 9.17) is 4.74 Å². The van der Waals surface area contributed by atoms with Crippen molar-refractivity contribution in [1.29, 1.82) is 0 Å². The molecule has 0 bridgehead atoms. The average molecular weight is 185 g/mol. The lowest BCUT2D eigenvalue weighted by atomic mass is 10.1. The molecule has 1 rings (SSSR count). The maximum absolute atomic E-state index is 5.39. The summed E-state index contributed by atoms with van der Waals surface area (Å²) in [4.78, 5) is 2.55. The highest BCUT2D eigenvalue weighted by atomic mass is 16.5. The predicted molar refractivity (Wildman–Crippen MR) is 55.9 cm³/mol. The highest BCUT2D eigenvalue weighted by molar-refractivity contribution is 4.74. The van der Waals surface area contributed by atoms with E-state index >= 15 is 0 Å². The highest BCUT2D eigenvalue weighted by Gasteiger charge is 2.22. The van der Waals surface area contributed by atoms with Gasteiger partial charge in [0.1, 0.15) is 0 Å². The molecule has 13 heavy (non-hydrogen) atoms. The van der Waals surface area contributed by atoms with Crippen LogP contribution in [0.2, 0.25) is 0 Å². The second kappa shape index (κ2) is 4.97. The lowest BCUT2D eigenvalue weighted by Gasteiger charge is -2.32. The van der Waals surface area contributed by atoms with E-state index in [1.54, 1.807) is 0 Å². The summed E-state index contributed by atoms with van der Waals surface area (Å²) in [5, 5.41) is 0. The molecule has 1 aliphatic rings. The molecule has 0 aromatic rings. The van der Waals surface area contributed by atoms with E-state index in [1.165, 1.54) is 13.0 Å². The van der Waals surface area contributed by atoms with E-state index in [9.17, 15) is 0 Å². The second-order valence-electron chi connectivity index (χ2n) is 4.61. The molecule has 0 radical (unpaired) electrons. The first-order valence-electron chi connectivity index (χ1n) is 5.44. The van der Waals surface area contributed by atoms with Gasteiger partial charge in [-0.05, 0) is 40.0 Å². The summed E-state index contributed by atoms with van der Waals surface area (Å²) in [5.41, 5.74) is 0. The van der Waals surface area contributed by atoms with Crippen LogP contribution in [0.3, 0.4) is 0 Å². The van der Waals surface area contributed by atoms with Gasteiger partial charge in [0.2, 0.25) is 0 Å². The molecule has 0 amide bonds. The van der Waals surface area contributed by atoms with Crippen molar-refractivity contribution in [3.8, 4) is 0 Å². The van der Waals surface area contributed by atoms with Gasteiger partial charge in [0.15, 0.2) is 0 Å². The van der Waals surface area contributed by atoms with Crippen LogP contribution in [0.5, 0.6) is 0 Å². The van der Waals surface area contributed by atoms with Crippen LogP contribution in [-0.4, -0.2) is 36.7 Å². The zero-order valence-electron chi connectivity index (χ0n) is 9.42. The van der Waals surface area contributed by atoms with E-state index in [0.29, 0.717) is 12.1 Å². The van der Waals surface area contributed by atoms with E-state index in [-0.39, 0.29) is 0 Å². The fraction of sp³-hybridized carbons (Fsp3) is 1.00. The Morgan fingerprint density at radius 3 is 2.23 bits per heavy atom. The van der Waals surface area contributed by atoms with Crippen LogP contribution >= 0.6 is 0 Å². The summed E-state index contributed by atoms with van der Waals surface area (Å²) in [6.07, 6.45) is 1.25. The van der Waals surface area contributed by atoms with Crippen LogP contribution < -0.4 is 0 Å². The molecule has 0 aromatic heterocycles. The van der Waals surface area contributed by atoms with Crippen molar-refractivity contribution in [2.75, 3.05) is 19.8 Å². The SMILES string of the molecule is CC(C)N(CC1CCOC1)C(C)C. The van der Waals surface area contributed by atoms with Gasteiger partial charge >= 0.3 is 0 Å². The molecule has 1 heterocycles. The Labute approximate surface area is 82.3 Å². The highest BCUT2D eigenvalue weighted by Crippen LogP contribution is 2.16. The predicted octanol–water partition coefficient (Wildman–Crippen LogP) is 2.14. The molecule has 0 spiro atoms. The Bertz CT molecular complexity index is 131. The van der Waals surface area contributed by atoms with Gasteiger partial charge in [-0.25, -0.2) is 0 Å². The largest absolute Gasteiger partial charge is 0.381 e. The summed E-state index contributed by atoms with van der Waals surface area (Å²) in [5.74, 6) is 0.768. The smallest absolute Gasteiger partial charge is 0.0507 e. The van der Waals surface area contributed by atoms with Crippen molar-refractivity contribution < 1.29 is 4.74 Å². The molecule has 1 fully saturated rings. The maximum atomic E-state index is 5.39. The molecule has 1 unspecified atom stereocenters. The number of rotatable bonds is 4. The van der Waals surface area contributed by atoms with Gasteiger partial charge in [-0.15, -0.1) is 0 Å². The van der Waals surface area contributed by atoms with Crippen LogP contribution in [0.1, 0.15) is 34.1 Å².